The summed E-state index contributed by atoms with van der Waals surface area (Å²) < 4.78 is 6.11. The number of nitrogens with two attached hydrogens (primary N) is 1. The van der Waals surface area contributed by atoms with Crippen molar-refractivity contribution in [2.45, 2.75) is 70.9 Å². The van der Waals surface area contributed by atoms with Crippen molar-refractivity contribution in [3.05, 3.63) is 114 Å². The van der Waals surface area contributed by atoms with Crippen molar-refractivity contribution < 1.29 is 19.1 Å². The Hall–Kier alpha value is -4.91. The molecule has 7 heteroatoms. The maximum Gasteiger partial charge on any atom is 0.254 e. The molecule has 3 amide bonds. The van der Waals surface area contributed by atoms with E-state index in [9.17, 15) is 14.4 Å². The maximum absolute atomic E-state index is 14.8. The van der Waals surface area contributed by atoms with Crippen LogP contribution in [0.5, 0.6) is 11.5 Å². The summed E-state index contributed by atoms with van der Waals surface area (Å²) in [5.74, 6) is -0.372. The van der Waals surface area contributed by atoms with Crippen LogP contribution >= 0.6 is 0 Å². The Kier molecular flexibility index (Phi) is 10.5. The first-order chi connectivity index (χ1) is 23.4. The molecule has 1 aliphatic heterocycles. The SMILES string of the molecule is CCCC[C@H](C(N)=O)[C@@H](CC1CCCC1)C(=O)NC1C(=O)N(Cc2cccc(Oc3ccccc3)c2)c2ccccc2-c2ccccc21. The first-order valence-corrected chi connectivity index (χ1v) is 17.3. The van der Waals surface area contributed by atoms with E-state index >= 15 is 0 Å². The van der Waals surface area contributed by atoms with Crippen molar-refractivity contribution in [2.24, 2.45) is 23.5 Å². The molecule has 1 saturated carbocycles. The number of amides is 3. The highest BCUT2D eigenvalue weighted by molar-refractivity contribution is 6.06. The van der Waals surface area contributed by atoms with Crippen LogP contribution in [0.3, 0.4) is 0 Å². The predicted octanol–water partition coefficient (Wildman–Crippen LogP) is 8.34. The molecule has 3 atom stereocenters. The Morgan fingerprint density at radius 1 is 0.854 bits per heavy atom. The number of benzene rings is 4. The number of carbonyl (C=O) groups is 3. The smallest absolute Gasteiger partial charge is 0.254 e. The van der Waals surface area contributed by atoms with E-state index in [-0.39, 0.29) is 18.4 Å². The summed E-state index contributed by atoms with van der Waals surface area (Å²) in [7, 11) is 0. The second-order valence-electron chi connectivity index (χ2n) is 13.2. The molecule has 1 aliphatic carbocycles. The highest BCUT2D eigenvalue weighted by atomic mass is 16.5. The molecule has 7 nitrogen and oxygen atoms in total. The van der Waals surface area contributed by atoms with Gasteiger partial charge >= 0.3 is 0 Å². The van der Waals surface area contributed by atoms with Gasteiger partial charge in [-0.05, 0) is 65.8 Å². The van der Waals surface area contributed by atoms with Crippen LogP contribution in [0.25, 0.3) is 11.1 Å². The van der Waals surface area contributed by atoms with Crippen molar-refractivity contribution in [3.63, 3.8) is 0 Å². The lowest BCUT2D eigenvalue weighted by Crippen LogP contribution is -2.47. The number of nitrogens with one attached hydrogen (secondary N) is 1. The molecule has 1 fully saturated rings. The number of unbranched alkanes of at least 4 members (excludes halogenated alkanes) is 1. The van der Waals surface area contributed by atoms with Crippen molar-refractivity contribution >= 4 is 23.4 Å². The van der Waals surface area contributed by atoms with Crippen LogP contribution < -0.4 is 20.7 Å². The summed E-state index contributed by atoms with van der Waals surface area (Å²) in [6, 6.07) is 32.0. The minimum absolute atomic E-state index is 0.237. The zero-order chi connectivity index (χ0) is 33.5. The van der Waals surface area contributed by atoms with Gasteiger partial charge < -0.3 is 20.7 Å². The van der Waals surface area contributed by atoms with E-state index in [4.69, 9.17) is 10.5 Å². The van der Waals surface area contributed by atoms with E-state index in [1.807, 2.05) is 103 Å². The third kappa shape index (κ3) is 7.46. The number of carbonyl (C=O) groups excluding carboxylic acids is 3. The first kappa shape index (κ1) is 33.0. The second-order valence-corrected chi connectivity index (χ2v) is 13.2. The second kappa shape index (κ2) is 15.3. The topological polar surface area (TPSA) is 102 Å². The van der Waals surface area contributed by atoms with Gasteiger partial charge in [-0.15, -0.1) is 0 Å². The fraction of sp³-hybridized carbons (Fsp3) is 0.341. The zero-order valence-corrected chi connectivity index (χ0v) is 27.6. The van der Waals surface area contributed by atoms with Crippen LogP contribution in [0.4, 0.5) is 5.69 Å². The van der Waals surface area contributed by atoms with Gasteiger partial charge in [0, 0.05) is 17.4 Å². The average Bonchev–Trinajstić information content (AvgIpc) is 3.60. The number of anilines is 1. The molecule has 6 rings (SSSR count). The molecular weight excluding hydrogens is 598 g/mol. The molecule has 4 aromatic carbocycles. The van der Waals surface area contributed by atoms with Crippen LogP contribution in [0.1, 0.15) is 75.5 Å². The van der Waals surface area contributed by atoms with E-state index in [0.717, 1.165) is 72.2 Å². The number of primary amides is 1. The number of hydrogen-bond acceptors (Lipinski definition) is 4. The van der Waals surface area contributed by atoms with Crippen molar-refractivity contribution in [3.8, 4) is 22.6 Å². The quantitative estimate of drug-likeness (QED) is 0.153. The van der Waals surface area contributed by atoms with Gasteiger partial charge in [-0.1, -0.05) is 118 Å². The van der Waals surface area contributed by atoms with Gasteiger partial charge in [-0.2, -0.15) is 0 Å². The molecule has 0 spiro atoms. The average molecular weight is 644 g/mol. The molecule has 1 unspecified atom stereocenters. The number of hydrogen-bond donors (Lipinski definition) is 2. The number of nitrogens with zero attached hydrogens (tertiary/aromatic N) is 1. The minimum atomic E-state index is -0.948. The fourth-order valence-corrected chi connectivity index (χ4v) is 7.43. The van der Waals surface area contributed by atoms with Crippen LogP contribution in [0.15, 0.2) is 103 Å². The Bertz CT molecular complexity index is 1730. The lowest BCUT2D eigenvalue weighted by molar-refractivity contribution is -0.136. The summed E-state index contributed by atoms with van der Waals surface area (Å²) in [6.45, 7) is 2.34. The molecule has 48 heavy (non-hydrogen) atoms. The normalized spacial score (nSPS) is 17.1. The molecule has 2 aliphatic rings. The maximum atomic E-state index is 14.8. The minimum Gasteiger partial charge on any atom is -0.457 e. The lowest BCUT2D eigenvalue weighted by Gasteiger charge is -2.30. The zero-order valence-electron chi connectivity index (χ0n) is 27.6. The Morgan fingerprint density at radius 3 is 2.29 bits per heavy atom. The third-order valence-corrected chi connectivity index (χ3v) is 9.89. The summed E-state index contributed by atoms with van der Waals surface area (Å²) in [4.78, 5) is 43.8. The third-order valence-electron chi connectivity index (χ3n) is 9.89. The Morgan fingerprint density at radius 2 is 1.54 bits per heavy atom. The molecule has 4 aromatic rings. The molecule has 1 heterocycles. The van der Waals surface area contributed by atoms with E-state index in [1.165, 1.54) is 0 Å². The van der Waals surface area contributed by atoms with Crippen molar-refractivity contribution in [1.82, 2.24) is 5.32 Å². The summed E-state index contributed by atoms with van der Waals surface area (Å²) in [6.07, 6.45) is 7.23. The summed E-state index contributed by atoms with van der Waals surface area (Å²) >= 11 is 0. The monoisotopic (exact) mass is 643 g/mol. The van der Waals surface area contributed by atoms with Crippen LogP contribution in [0.2, 0.25) is 0 Å². The van der Waals surface area contributed by atoms with Gasteiger partial charge in [-0.3, -0.25) is 14.4 Å². The van der Waals surface area contributed by atoms with Crippen LogP contribution in [-0.2, 0) is 20.9 Å². The Labute approximate surface area is 283 Å². The summed E-state index contributed by atoms with van der Waals surface area (Å²) in [5, 5.41) is 3.18. The van der Waals surface area contributed by atoms with E-state index < -0.39 is 23.8 Å². The van der Waals surface area contributed by atoms with E-state index in [1.54, 1.807) is 4.90 Å². The molecule has 3 N–H and O–H groups in total. The molecular formula is C41H45N3O4. The van der Waals surface area contributed by atoms with Gasteiger partial charge in [0.05, 0.1) is 12.2 Å². The predicted molar refractivity (Wildman–Crippen MR) is 189 cm³/mol. The Balaban J connectivity index is 1.35. The van der Waals surface area contributed by atoms with Gasteiger partial charge in [-0.25, -0.2) is 0 Å². The highest BCUT2D eigenvalue weighted by Gasteiger charge is 2.40. The van der Waals surface area contributed by atoms with E-state index in [0.29, 0.717) is 24.5 Å². The lowest BCUT2D eigenvalue weighted by atomic mass is 9.79. The van der Waals surface area contributed by atoms with Gasteiger partial charge in [0.25, 0.3) is 5.91 Å². The molecule has 248 valence electrons. The molecule has 0 radical (unpaired) electrons. The molecule has 0 bridgehead atoms. The number of fused-ring (bicyclic) bond motifs is 3. The van der Waals surface area contributed by atoms with Crippen molar-refractivity contribution in [1.29, 1.82) is 0 Å². The molecule has 0 saturated heterocycles. The van der Waals surface area contributed by atoms with Crippen LogP contribution in [0, 0.1) is 17.8 Å². The number of rotatable bonds is 13. The standard InChI is InChI=1S/C41H45N3O4/c1-2-3-20-35(39(42)45)36(26-28-14-7-8-15-28)40(46)43-38-34-23-10-9-21-32(34)33-22-11-12-24-37(33)44(41(38)47)27-29-16-13-19-31(25-29)48-30-17-5-4-6-18-30/h4-6,9-13,16-19,21-25,28,35-36,38H,2-3,7-8,14-15,20,26-27H2,1H3,(H2,42,45)(H,43,46)/t35-,36+,38?/m0/s1. The van der Waals surface area contributed by atoms with E-state index in [2.05, 4.69) is 12.2 Å². The fourth-order valence-electron chi connectivity index (χ4n) is 7.43. The van der Waals surface area contributed by atoms with Gasteiger partial charge in [0.1, 0.15) is 17.5 Å². The first-order valence-electron chi connectivity index (χ1n) is 17.3. The largest absolute Gasteiger partial charge is 0.457 e. The summed E-state index contributed by atoms with van der Waals surface area (Å²) in [5.41, 5.74) is 10.2. The molecule has 0 aromatic heterocycles. The number of ether oxygens (including phenoxy) is 1. The van der Waals surface area contributed by atoms with Gasteiger partial charge in [0.15, 0.2) is 0 Å². The number of para-hydroxylation sites is 2. The highest BCUT2D eigenvalue weighted by Crippen LogP contribution is 2.42. The van der Waals surface area contributed by atoms with Crippen LogP contribution in [-0.4, -0.2) is 17.7 Å². The van der Waals surface area contributed by atoms with Gasteiger partial charge in [0.2, 0.25) is 11.8 Å². The van der Waals surface area contributed by atoms with Crippen molar-refractivity contribution in [2.75, 3.05) is 4.90 Å².